The quantitative estimate of drug-likeness (QED) is 0.707. The minimum absolute atomic E-state index is 0.350. The number of hydrogen-bond donors (Lipinski definition) is 0. The number of nitrogens with zero attached hydrogens (tertiary/aromatic N) is 4. The van der Waals surface area contributed by atoms with Gasteiger partial charge in [0.05, 0.1) is 18.1 Å². The van der Waals surface area contributed by atoms with Crippen molar-refractivity contribution in [3.8, 4) is 0 Å². The Morgan fingerprint density at radius 3 is 2.78 bits per heavy atom. The highest BCUT2D eigenvalue weighted by atomic mass is 32.2. The van der Waals surface area contributed by atoms with Crippen molar-refractivity contribution < 1.29 is 13.2 Å². The number of sulfonamides is 1. The molecule has 9 heteroatoms. The highest BCUT2D eigenvalue weighted by Gasteiger charge is 2.26. The Labute approximate surface area is 164 Å². The predicted octanol–water partition coefficient (Wildman–Crippen LogP) is 2.32. The molecule has 27 heavy (non-hydrogen) atoms. The second-order valence-corrected chi connectivity index (χ2v) is 9.69. The summed E-state index contributed by atoms with van der Waals surface area (Å²) in [5.41, 5.74) is 0.973. The van der Waals surface area contributed by atoms with E-state index in [-0.39, 0.29) is 0 Å². The van der Waals surface area contributed by atoms with Gasteiger partial charge in [-0.25, -0.2) is 8.42 Å². The maximum absolute atomic E-state index is 12.8. The van der Waals surface area contributed by atoms with Crippen LogP contribution in [0, 0.1) is 0 Å². The number of aryl methyl sites for hydroxylation is 1. The van der Waals surface area contributed by atoms with E-state index in [9.17, 15) is 8.42 Å². The average Bonchev–Trinajstić information content (AvgIpc) is 2.93. The van der Waals surface area contributed by atoms with Crippen LogP contribution in [-0.2, 0) is 33.5 Å². The van der Waals surface area contributed by atoms with Gasteiger partial charge in [0.25, 0.3) is 0 Å². The van der Waals surface area contributed by atoms with E-state index in [0.717, 1.165) is 35.9 Å². The Morgan fingerprint density at radius 2 is 1.93 bits per heavy atom. The molecule has 0 bridgehead atoms. The zero-order chi connectivity index (χ0) is 18.7. The summed E-state index contributed by atoms with van der Waals surface area (Å²) in [6.45, 7) is 2.69. The lowest BCUT2D eigenvalue weighted by Crippen LogP contribution is -2.40. The second kappa shape index (κ2) is 8.30. The third-order valence-electron chi connectivity index (χ3n) is 4.95. The summed E-state index contributed by atoms with van der Waals surface area (Å²) in [4.78, 5) is 0.350. The summed E-state index contributed by atoms with van der Waals surface area (Å²) in [7, 11) is -3.46. The van der Waals surface area contributed by atoms with E-state index in [4.69, 9.17) is 4.74 Å². The van der Waals surface area contributed by atoms with Crippen molar-refractivity contribution in [2.45, 2.75) is 48.0 Å². The molecule has 2 aliphatic heterocycles. The van der Waals surface area contributed by atoms with Gasteiger partial charge in [-0.15, -0.1) is 10.2 Å². The first kappa shape index (κ1) is 18.9. The Bertz CT molecular complexity index is 892. The van der Waals surface area contributed by atoms with Gasteiger partial charge in [-0.05, 0) is 30.5 Å². The van der Waals surface area contributed by atoms with Crippen LogP contribution in [0.25, 0.3) is 0 Å². The maximum Gasteiger partial charge on any atom is 0.243 e. The number of benzene rings is 1. The SMILES string of the molecule is O=S(=O)(c1cccc(CSc2nnc3n2CCCCC3)c1)N1CCOCC1. The zero-order valence-corrected chi connectivity index (χ0v) is 16.8. The van der Waals surface area contributed by atoms with Crippen LogP contribution in [0.4, 0.5) is 0 Å². The number of rotatable bonds is 5. The van der Waals surface area contributed by atoms with E-state index < -0.39 is 10.0 Å². The van der Waals surface area contributed by atoms with Gasteiger partial charge in [0.2, 0.25) is 10.0 Å². The Morgan fingerprint density at radius 1 is 1.07 bits per heavy atom. The first-order valence-electron chi connectivity index (χ1n) is 9.36. The fourth-order valence-electron chi connectivity index (χ4n) is 3.44. The van der Waals surface area contributed by atoms with Crippen molar-refractivity contribution in [2.24, 2.45) is 0 Å². The molecule has 0 aliphatic carbocycles. The molecule has 2 aromatic rings. The van der Waals surface area contributed by atoms with Crippen LogP contribution in [0.15, 0.2) is 34.3 Å². The first-order chi connectivity index (χ1) is 13.1. The van der Waals surface area contributed by atoms with Gasteiger partial charge >= 0.3 is 0 Å². The molecule has 2 aliphatic rings. The number of aromatic nitrogens is 3. The minimum atomic E-state index is -3.46. The normalized spacial score (nSPS) is 18.8. The van der Waals surface area contributed by atoms with Gasteiger partial charge < -0.3 is 9.30 Å². The van der Waals surface area contributed by atoms with Gasteiger partial charge in [0.1, 0.15) is 5.82 Å². The molecule has 0 radical (unpaired) electrons. The lowest BCUT2D eigenvalue weighted by atomic mass is 10.2. The van der Waals surface area contributed by atoms with E-state index in [0.29, 0.717) is 37.0 Å². The van der Waals surface area contributed by atoms with Gasteiger partial charge in [-0.2, -0.15) is 4.31 Å². The van der Waals surface area contributed by atoms with E-state index >= 15 is 0 Å². The van der Waals surface area contributed by atoms with Gasteiger partial charge in [0.15, 0.2) is 5.16 Å². The molecule has 0 amide bonds. The summed E-state index contributed by atoms with van der Waals surface area (Å²) in [6, 6.07) is 7.22. The van der Waals surface area contributed by atoms with Gasteiger partial charge in [-0.1, -0.05) is 30.3 Å². The van der Waals surface area contributed by atoms with Gasteiger partial charge in [-0.3, -0.25) is 0 Å². The average molecular weight is 409 g/mol. The van der Waals surface area contributed by atoms with Crippen LogP contribution in [0.5, 0.6) is 0 Å². The van der Waals surface area contributed by atoms with E-state index in [2.05, 4.69) is 14.8 Å². The van der Waals surface area contributed by atoms with Crippen molar-refractivity contribution in [3.05, 3.63) is 35.7 Å². The lowest BCUT2D eigenvalue weighted by Gasteiger charge is -2.26. The number of fused-ring (bicyclic) bond motifs is 1. The molecule has 0 unspecified atom stereocenters. The summed E-state index contributed by atoms with van der Waals surface area (Å²) in [5.74, 6) is 1.74. The highest BCUT2D eigenvalue weighted by Crippen LogP contribution is 2.26. The molecule has 0 spiro atoms. The van der Waals surface area contributed by atoms with E-state index in [1.54, 1.807) is 23.9 Å². The molecule has 146 valence electrons. The molecule has 0 saturated carbocycles. The monoisotopic (exact) mass is 408 g/mol. The minimum Gasteiger partial charge on any atom is -0.379 e. The predicted molar refractivity (Wildman–Crippen MR) is 103 cm³/mol. The summed E-state index contributed by atoms with van der Waals surface area (Å²) in [5, 5.41) is 9.58. The fraction of sp³-hybridized carbons (Fsp3) is 0.556. The number of thioether (sulfide) groups is 1. The third kappa shape index (κ3) is 4.21. The molecule has 1 saturated heterocycles. The van der Waals surface area contributed by atoms with Crippen LogP contribution in [0.3, 0.4) is 0 Å². The van der Waals surface area contributed by atoms with Crippen LogP contribution < -0.4 is 0 Å². The van der Waals surface area contributed by atoms with Crippen LogP contribution >= 0.6 is 11.8 Å². The molecule has 7 nitrogen and oxygen atoms in total. The van der Waals surface area contributed by atoms with Crippen molar-refractivity contribution in [1.29, 1.82) is 0 Å². The molecule has 1 fully saturated rings. The standard InChI is InChI=1S/C18H24N4O3S2/c23-27(24,21-9-11-25-12-10-21)16-6-4-5-15(13-16)14-26-18-20-19-17-7-2-1-3-8-22(17)18/h4-6,13H,1-3,7-12,14H2. The molecule has 0 atom stereocenters. The molecular weight excluding hydrogens is 384 g/mol. The van der Waals surface area contributed by atoms with Crippen LogP contribution in [0.1, 0.15) is 30.7 Å². The maximum atomic E-state index is 12.8. The molecule has 4 rings (SSSR count). The van der Waals surface area contributed by atoms with Crippen molar-refractivity contribution in [2.75, 3.05) is 26.3 Å². The fourth-order valence-corrected chi connectivity index (χ4v) is 5.85. The van der Waals surface area contributed by atoms with Crippen LogP contribution in [-0.4, -0.2) is 53.8 Å². The zero-order valence-electron chi connectivity index (χ0n) is 15.2. The summed E-state index contributed by atoms with van der Waals surface area (Å²) >= 11 is 1.62. The Balaban J connectivity index is 1.48. The number of ether oxygens (including phenoxy) is 1. The highest BCUT2D eigenvalue weighted by molar-refractivity contribution is 7.98. The summed E-state index contributed by atoms with van der Waals surface area (Å²) in [6.07, 6.45) is 4.55. The topological polar surface area (TPSA) is 77.3 Å². The number of hydrogen-bond acceptors (Lipinski definition) is 6. The Kier molecular flexibility index (Phi) is 5.82. The molecule has 3 heterocycles. The molecule has 1 aromatic carbocycles. The molecular formula is C18H24N4O3S2. The van der Waals surface area contributed by atoms with Crippen molar-refractivity contribution in [3.63, 3.8) is 0 Å². The molecule has 1 aromatic heterocycles. The van der Waals surface area contributed by atoms with Crippen LogP contribution in [0.2, 0.25) is 0 Å². The largest absolute Gasteiger partial charge is 0.379 e. The third-order valence-corrected chi connectivity index (χ3v) is 7.88. The van der Waals surface area contributed by atoms with E-state index in [1.807, 2.05) is 12.1 Å². The second-order valence-electron chi connectivity index (χ2n) is 6.81. The number of morpholine rings is 1. The van der Waals surface area contributed by atoms with E-state index in [1.165, 1.54) is 17.1 Å². The first-order valence-corrected chi connectivity index (χ1v) is 11.8. The lowest BCUT2D eigenvalue weighted by molar-refractivity contribution is 0.0730. The molecule has 0 N–H and O–H groups in total. The summed E-state index contributed by atoms with van der Waals surface area (Å²) < 4.78 is 34.7. The smallest absolute Gasteiger partial charge is 0.243 e. The van der Waals surface area contributed by atoms with Gasteiger partial charge in [0, 0.05) is 31.8 Å². The van der Waals surface area contributed by atoms with Crippen molar-refractivity contribution in [1.82, 2.24) is 19.1 Å². The Hall–Kier alpha value is -1.42. The van der Waals surface area contributed by atoms with Crippen molar-refractivity contribution >= 4 is 21.8 Å².